The number of nitriles is 1. The lowest BCUT2D eigenvalue weighted by atomic mass is 10.2. The maximum absolute atomic E-state index is 13.1. The van der Waals surface area contributed by atoms with Crippen LogP contribution < -0.4 is 0 Å². The Morgan fingerprint density at radius 2 is 1.84 bits per heavy atom. The van der Waals surface area contributed by atoms with Crippen LogP contribution in [0.25, 0.3) is 0 Å². The first-order chi connectivity index (χ1) is 11.5. The third-order valence-corrected chi connectivity index (χ3v) is 6.32. The highest BCUT2D eigenvalue weighted by atomic mass is 32.2. The molecule has 1 rings (SSSR count). The zero-order chi connectivity index (χ0) is 19.3. The maximum Gasteiger partial charge on any atom is 0.244 e. The first kappa shape index (κ1) is 21.2. The molecule has 0 aliphatic rings. The van der Waals surface area contributed by atoms with Gasteiger partial charge < -0.3 is 0 Å². The van der Waals surface area contributed by atoms with E-state index in [0.717, 1.165) is 5.56 Å². The number of hydrogen-bond acceptors (Lipinski definition) is 3. The Balaban J connectivity index is 3.31. The molecule has 0 radical (unpaired) electrons. The van der Waals surface area contributed by atoms with E-state index >= 15 is 0 Å². The fourth-order valence-corrected chi connectivity index (χ4v) is 4.25. The van der Waals surface area contributed by atoms with Crippen molar-refractivity contribution < 1.29 is 8.42 Å². The lowest BCUT2D eigenvalue weighted by Crippen LogP contribution is -2.38. The number of rotatable bonds is 5. The summed E-state index contributed by atoms with van der Waals surface area (Å²) >= 11 is 0. The van der Waals surface area contributed by atoms with E-state index in [9.17, 15) is 8.42 Å². The Morgan fingerprint density at radius 1 is 1.28 bits per heavy atom. The minimum atomic E-state index is -3.70. The summed E-state index contributed by atoms with van der Waals surface area (Å²) in [5.41, 5.74) is 4.68. The van der Waals surface area contributed by atoms with Crippen LogP contribution in [-0.4, -0.2) is 33.4 Å². The summed E-state index contributed by atoms with van der Waals surface area (Å²) < 4.78 is 27.5. The van der Waals surface area contributed by atoms with Crippen molar-refractivity contribution >= 4 is 18.1 Å². The van der Waals surface area contributed by atoms with E-state index in [1.807, 2.05) is 13.0 Å². The Labute approximate surface area is 153 Å². The van der Waals surface area contributed by atoms with Gasteiger partial charge in [-0.2, -0.15) is 9.57 Å². The molecular weight excluding hydrogens is 348 g/mol. The summed E-state index contributed by atoms with van der Waals surface area (Å²) in [4.78, 5) is 0.239. The minimum absolute atomic E-state index is 0.108. The van der Waals surface area contributed by atoms with Gasteiger partial charge in [-0.05, 0) is 32.9 Å². The number of nitrogens with zero attached hydrogens (tertiary/aromatic N) is 2. The smallest absolute Gasteiger partial charge is 0.207 e. The molecule has 0 saturated carbocycles. The van der Waals surface area contributed by atoms with E-state index in [0.29, 0.717) is 5.57 Å². The summed E-state index contributed by atoms with van der Waals surface area (Å²) in [5, 5.41) is 8.99. The lowest BCUT2D eigenvalue weighted by Gasteiger charge is -2.25. The highest BCUT2D eigenvalue weighted by Crippen LogP contribution is 2.20. The van der Waals surface area contributed by atoms with Crippen molar-refractivity contribution in [2.75, 3.05) is 6.54 Å². The van der Waals surface area contributed by atoms with Gasteiger partial charge >= 0.3 is 0 Å². The van der Waals surface area contributed by atoms with Gasteiger partial charge in [-0.1, -0.05) is 49.3 Å². The van der Waals surface area contributed by atoms with Crippen molar-refractivity contribution in [2.45, 2.75) is 51.3 Å². The molecule has 1 aromatic rings. The first-order valence-electron chi connectivity index (χ1n) is 8.14. The monoisotopic (exact) mass is 374 g/mol. The quantitative estimate of drug-likeness (QED) is 0.448. The Kier molecular flexibility index (Phi) is 7.19. The highest BCUT2D eigenvalue weighted by Gasteiger charge is 2.27. The largest absolute Gasteiger partial charge is 0.244 e. The van der Waals surface area contributed by atoms with Crippen molar-refractivity contribution in [2.24, 2.45) is 0 Å². The molecule has 0 aliphatic heterocycles. The van der Waals surface area contributed by atoms with Crippen molar-refractivity contribution in [3.63, 3.8) is 0 Å². The van der Waals surface area contributed by atoms with Crippen molar-refractivity contribution in [1.29, 1.82) is 5.26 Å². The summed E-state index contributed by atoms with van der Waals surface area (Å²) in [6, 6.07) is 8.36. The van der Waals surface area contributed by atoms with Crippen LogP contribution in [0.1, 0.15) is 19.4 Å². The Bertz CT molecular complexity index is 833. The second-order valence-corrected chi connectivity index (χ2v) is 13.8. The average molecular weight is 375 g/mol. The molecular formula is C19H26N2O2SSi. The van der Waals surface area contributed by atoms with E-state index in [-0.39, 0.29) is 11.4 Å². The summed E-state index contributed by atoms with van der Waals surface area (Å²) in [6.45, 7) is 11.8. The SMILES string of the molecule is C/C(C#N)=C\C(C)N(CC#C[Si](C)(C)C)S(=O)(=O)c1ccc(C)cc1. The first-order valence-corrected chi connectivity index (χ1v) is 13.1. The van der Waals surface area contributed by atoms with Crippen LogP contribution in [0.3, 0.4) is 0 Å². The van der Waals surface area contributed by atoms with Gasteiger partial charge in [-0.15, -0.1) is 5.54 Å². The fraction of sp³-hybridized carbons (Fsp3) is 0.421. The normalized spacial score (nSPS) is 13.8. The molecule has 0 fully saturated rings. The lowest BCUT2D eigenvalue weighted by molar-refractivity contribution is 0.411. The topological polar surface area (TPSA) is 61.2 Å². The van der Waals surface area contributed by atoms with E-state index < -0.39 is 24.1 Å². The van der Waals surface area contributed by atoms with E-state index in [1.165, 1.54) is 4.31 Å². The van der Waals surface area contributed by atoms with Crippen LogP contribution in [0.5, 0.6) is 0 Å². The number of allylic oxidation sites excluding steroid dienone is 1. The molecule has 0 saturated heterocycles. The van der Waals surface area contributed by atoms with Crippen LogP contribution in [0, 0.1) is 29.7 Å². The molecule has 6 heteroatoms. The molecule has 0 heterocycles. The van der Waals surface area contributed by atoms with Gasteiger partial charge in [0.1, 0.15) is 8.07 Å². The third-order valence-electron chi connectivity index (χ3n) is 3.45. The van der Waals surface area contributed by atoms with Gasteiger partial charge in [0.05, 0.1) is 17.5 Å². The van der Waals surface area contributed by atoms with Crippen LogP contribution >= 0.6 is 0 Å². The second kappa shape index (κ2) is 8.49. The zero-order valence-electron chi connectivity index (χ0n) is 15.8. The molecule has 1 unspecified atom stereocenters. The average Bonchev–Trinajstić information content (AvgIpc) is 2.50. The molecule has 0 bridgehead atoms. The Morgan fingerprint density at radius 3 is 2.32 bits per heavy atom. The molecule has 1 aromatic carbocycles. The van der Waals surface area contributed by atoms with Crippen LogP contribution in [0.2, 0.25) is 19.6 Å². The van der Waals surface area contributed by atoms with Crippen LogP contribution in [-0.2, 0) is 10.0 Å². The molecule has 0 spiro atoms. The molecule has 134 valence electrons. The summed E-state index contributed by atoms with van der Waals surface area (Å²) in [6.07, 6.45) is 1.65. The standard InChI is InChI=1S/C19H26N2O2SSi/c1-16-8-10-19(11-9-16)24(22,23)21(12-7-13-25(4,5)6)18(3)14-17(2)15-20/h8-11,14,18H,12H2,1-6H3/b17-14+. The van der Waals surface area contributed by atoms with Gasteiger partial charge in [-0.3, -0.25) is 0 Å². The van der Waals surface area contributed by atoms with Crippen LogP contribution in [0.4, 0.5) is 0 Å². The van der Waals surface area contributed by atoms with Crippen molar-refractivity contribution in [3.05, 3.63) is 41.5 Å². The van der Waals surface area contributed by atoms with Gasteiger partial charge in [0.25, 0.3) is 0 Å². The molecule has 1 atom stereocenters. The number of sulfonamides is 1. The second-order valence-electron chi connectivity index (χ2n) is 7.12. The third kappa shape index (κ3) is 6.51. The van der Waals surface area contributed by atoms with Gasteiger partial charge in [0, 0.05) is 11.6 Å². The van der Waals surface area contributed by atoms with Crippen LogP contribution in [0.15, 0.2) is 40.8 Å². The molecule has 4 nitrogen and oxygen atoms in total. The van der Waals surface area contributed by atoms with Gasteiger partial charge in [0.15, 0.2) is 0 Å². The highest BCUT2D eigenvalue weighted by molar-refractivity contribution is 7.89. The van der Waals surface area contributed by atoms with E-state index in [1.54, 1.807) is 44.2 Å². The molecule has 0 aromatic heterocycles. The number of benzene rings is 1. The van der Waals surface area contributed by atoms with Gasteiger partial charge in [-0.25, -0.2) is 8.42 Å². The molecule has 25 heavy (non-hydrogen) atoms. The Hall–Kier alpha value is -1.86. The summed E-state index contributed by atoms with van der Waals surface area (Å²) in [5.74, 6) is 3.03. The molecule has 0 amide bonds. The predicted molar refractivity (Wildman–Crippen MR) is 105 cm³/mol. The number of aryl methyl sites for hydroxylation is 1. The minimum Gasteiger partial charge on any atom is -0.207 e. The molecule has 0 N–H and O–H groups in total. The summed E-state index contributed by atoms with van der Waals surface area (Å²) in [7, 11) is -5.29. The van der Waals surface area contributed by atoms with Gasteiger partial charge in [0.2, 0.25) is 10.0 Å². The van der Waals surface area contributed by atoms with E-state index in [4.69, 9.17) is 5.26 Å². The fourth-order valence-electron chi connectivity index (χ4n) is 2.16. The van der Waals surface area contributed by atoms with Crippen molar-refractivity contribution in [3.8, 4) is 17.5 Å². The van der Waals surface area contributed by atoms with E-state index in [2.05, 4.69) is 31.1 Å². The number of hydrogen-bond donors (Lipinski definition) is 0. The molecule has 0 aliphatic carbocycles. The zero-order valence-corrected chi connectivity index (χ0v) is 17.6. The predicted octanol–water partition coefficient (Wildman–Crippen LogP) is 3.72. The maximum atomic E-state index is 13.1. The van der Waals surface area contributed by atoms with Crippen molar-refractivity contribution in [1.82, 2.24) is 4.31 Å².